The van der Waals surface area contributed by atoms with Crippen molar-refractivity contribution < 1.29 is 14.4 Å². The molecule has 0 bridgehead atoms. The normalized spacial score (nSPS) is 20.5. The van der Waals surface area contributed by atoms with E-state index in [0.717, 1.165) is 42.4 Å². The molecule has 8 heteroatoms. The zero-order valence-electron chi connectivity index (χ0n) is 12.4. The molecule has 124 valence electrons. The van der Waals surface area contributed by atoms with E-state index in [1.165, 1.54) is 4.90 Å². The molecule has 3 rings (SSSR count). The number of rotatable bonds is 4. The Bertz CT molecular complexity index is 586. The Morgan fingerprint density at radius 3 is 2.61 bits per heavy atom. The number of nitrogens with zero attached hydrogens (tertiary/aromatic N) is 1. The lowest BCUT2D eigenvalue weighted by Gasteiger charge is -2.14. The van der Waals surface area contributed by atoms with Crippen LogP contribution in [0.5, 0.6) is 0 Å². The molecule has 1 atom stereocenters. The lowest BCUT2D eigenvalue weighted by molar-refractivity contribution is -0.125. The van der Waals surface area contributed by atoms with E-state index in [0.29, 0.717) is 0 Å². The second-order valence-electron chi connectivity index (χ2n) is 5.37. The molecule has 1 unspecified atom stereocenters. The van der Waals surface area contributed by atoms with E-state index < -0.39 is 0 Å². The quantitative estimate of drug-likeness (QED) is 0.863. The van der Waals surface area contributed by atoms with Crippen LogP contribution in [0.3, 0.4) is 0 Å². The lowest BCUT2D eigenvalue weighted by atomic mass is 10.1. The second kappa shape index (κ2) is 7.81. The molecule has 0 aromatic heterocycles. The summed E-state index contributed by atoms with van der Waals surface area (Å²) in [6, 6.07) is 7.11. The van der Waals surface area contributed by atoms with Gasteiger partial charge in [-0.25, -0.2) is 0 Å². The number of carbonyl (C=O) groups excluding carboxylic acids is 3. The van der Waals surface area contributed by atoms with Gasteiger partial charge in [0.05, 0.1) is 18.3 Å². The number of halogens is 1. The van der Waals surface area contributed by atoms with Gasteiger partial charge in [0.25, 0.3) is 5.24 Å². The second-order valence-corrected chi connectivity index (χ2v) is 6.30. The minimum absolute atomic E-state index is 0. The molecule has 6 nitrogen and oxygen atoms in total. The highest BCUT2D eigenvalue weighted by molar-refractivity contribution is 8.14. The van der Waals surface area contributed by atoms with Crippen LogP contribution >= 0.6 is 24.2 Å². The van der Waals surface area contributed by atoms with Crippen molar-refractivity contribution in [2.24, 2.45) is 0 Å². The highest BCUT2D eigenvalue weighted by Gasteiger charge is 2.29. The largest absolute Gasteiger partial charge is 0.325 e. The maximum absolute atomic E-state index is 12.0. The van der Waals surface area contributed by atoms with Crippen LogP contribution in [0.25, 0.3) is 0 Å². The number of anilines is 1. The molecule has 2 aliphatic rings. The standard InChI is InChI=1S/C15H17N3O3S.ClH/c19-13-9-22-15(21)18(13)8-10-3-5-11(6-4-10)17-14(20)12-2-1-7-16-12;/h3-6,12,16H,1-2,7-9H2,(H,17,20);1H. The van der Waals surface area contributed by atoms with Crippen LogP contribution in [0.1, 0.15) is 18.4 Å². The van der Waals surface area contributed by atoms with E-state index in [9.17, 15) is 14.4 Å². The number of thioether (sulfide) groups is 1. The summed E-state index contributed by atoms with van der Waals surface area (Å²) in [5, 5.41) is 5.82. The average molecular weight is 356 g/mol. The van der Waals surface area contributed by atoms with E-state index >= 15 is 0 Å². The fourth-order valence-corrected chi connectivity index (χ4v) is 3.27. The first-order valence-corrected chi connectivity index (χ1v) is 8.22. The van der Waals surface area contributed by atoms with Crippen molar-refractivity contribution in [1.82, 2.24) is 10.2 Å². The third-order valence-corrected chi connectivity index (χ3v) is 4.64. The fraction of sp³-hybridized carbons (Fsp3) is 0.400. The number of imide groups is 1. The first-order valence-electron chi connectivity index (χ1n) is 7.24. The van der Waals surface area contributed by atoms with Gasteiger partial charge in [0.1, 0.15) is 0 Å². The van der Waals surface area contributed by atoms with Crippen molar-refractivity contribution in [2.45, 2.75) is 25.4 Å². The topological polar surface area (TPSA) is 78.5 Å². The van der Waals surface area contributed by atoms with Crippen molar-refractivity contribution in [3.8, 4) is 0 Å². The zero-order chi connectivity index (χ0) is 15.5. The van der Waals surface area contributed by atoms with Crippen LogP contribution < -0.4 is 10.6 Å². The Balaban J connectivity index is 0.00000192. The Morgan fingerprint density at radius 1 is 1.30 bits per heavy atom. The molecule has 0 aliphatic carbocycles. The summed E-state index contributed by atoms with van der Waals surface area (Å²) < 4.78 is 0. The monoisotopic (exact) mass is 355 g/mol. The van der Waals surface area contributed by atoms with Crippen LogP contribution in [0.2, 0.25) is 0 Å². The van der Waals surface area contributed by atoms with E-state index in [2.05, 4.69) is 10.6 Å². The molecule has 1 aromatic rings. The lowest BCUT2D eigenvalue weighted by Crippen LogP contribution is -2.35. The Morgan fingerprint density at radius 2 is 2.04 bits per heavy atom. The summed E-state index contributed by atoms with van der Waals surface area (Å²) in [5.74, 6) is 0.0488. The predicted molar refractivity (Wildman–Crippen MR) is 91.7 cm³/mol. The van der Waals surface area contributed by atoms with Crippen LogP contribution in [0.4, 0.5) is 10.5 Å². The molecule has 0 spiro atoms. The van der Waals surface area contributed by atoms with E-state index in [4.69, 9.17) is 0 Å². The van der Waals surface area contributed by atoms with Gasteiger partial charge in [0, 0.05) is 5.69 Å². The molecule has 2 N–H and O–H groups in total. The summed E-state index contributed by atoms with van der Waals surface area (Å²) in [4.78, 5) is 36.4. The summed E-state index contributed by atoms with van der Waals surface area (Å²) in [6.45, 7) is 1.16. The molecule has 2 saturated heterocycles. The molecule has 0 radical (unpaired) electrons. The number of hydrogen-bond donors (Lipinski definition) is 2. The third-order valence-electron chi connectivity index (χ3n) is 3.78. The first kappa shape index (κ1) is 17.8. The average Bonchev–Trinajstić information content (AvgIpc) is 3.15. The predicted octanol–water partition coefficient (Wildman–Crippen LogP) is 1.99. The zero-order valence-corrected chi connectivity index (χ0v) is 14.0. The molecule has 2 aliphatic heterocycles. The van der Waals surface area contributed by atoms with Crippen LogP contribution in [0.15, 0.2) is 24.3 Å². The Kier molecular flexibility index (Phi) is 6.04. The van der Waals surface area contributed by atoms with Gasteiger partial charge in [-0.05, 0) is 37.1 Å². The summed E-state index contributed by atoms with van der Waals surface area (Å²) in [7, 11) is 0. The number of amides is 3. The number of carbonyl (C=O) groups is 3. The van der Waals surface area contributed by atoms with Gasteiger partial charge in [-0.2, -0.15) is 0 Å². The van der Waals surface area contributed by atoms with Gasteiger partial charge < -0.3 is 10.6 Å². The van der Waals surface area contributed by atoms with Crippen LogP contribution in [-0.4, -0.2) is 40.3 Å². The fourth-order valence-electron chi connectivity index (χ4n) is 2.55. The van der Waals surface area contributed by atoms with Crippen molar-refractivity contribution in [3.05, 3.63) is 29.8 Å². The maximum atomic E-state index is 12.0. The van der Waals surface area contributed by atoms with Crippen molar-refractivity contribution in [3.63, 3.8) is 0 Å². The highest BCUT2D eigenvalue weighted by atomic mass is 35.5. The van der Waals surface area contributed by atoms with Crippen LogP contribution in [0, 0.1) is 0 Å². The SMILES string of the molecule is Cl.O=C(Nc1ccc(CN2C(=O)CSC2=O)cc1)C1CCCN1. The number of hydrogen-bond acceptors (Lipinski definition) is 5. The smallest absolute Gasteiger partial charge is 0.289 e. The molecular weight excluding hydrogens is 338 g/mol. The van der Waals surface area contributed by atoms with E-state index in [1.807, 2.05) is 12.1 Å². The molecule has 3 amide bonds. The summed E-state index contributed by atoms with van der Waals surface area (Å²) in [5.41, 5.74) is 1.58. The summed E-state index contributed by atoms with van der Waals surface area (Å²) in [6.07, 6.45) is 1.88. The van der Waals surface area contributed by atoms with Gasteiger partial charge in [0.15, 0.2) is 0 Å². The Hall–Kier alpha value is -1.57. The van der Waals surface area contributed by atoms with Gasteiger partial charge >= 0.3 is 0 Å². The Labute approximate surface area is 144 Å². The van der Waals surface area contributed by atoms with Crippen molar-refractivity contribution in [1.29, 1.82) is 0 Å². The van der Waals surface area contributed by atoms with E-state index in [1.54, 1.807) is 12.1 Å². The van der Waals surface area contributed by atoms with Crippen molar-refractivity contribution >= 4 is 46.9 Å². The van der Waals surface area contributed by atoms with Crippen molar-refractivity contribution in [2.75, 3.05) is 17.6 Å². The minimum Gasteiger partial charge on any atom is -0.325 e. The molecule has 0 saturated carbocycles. The molecule has 23 heavy (non-hydrogen) atoms. The van der Waals surface area contributed by atoms with Gasteiger partial charge in [-0.3, -0.25) is 19.3 Å². The van der Waals surface area contributed by atoms with Crippen LogP contribution in [-0.2, 0) is 16.1 Å². The van der Waals surface area contributed by atoms with Gasteiger partial charge in [-0.15, -0.1) is 12.4 Å². The third kappa shape index (κ3) is 4.25. The minimum atomic E-state index is -0.199. The molecule has 2 fully saturated rings. The molecule has 2 heterocycles. The highest BCUT2D eigenvalue weighted by Crippen LogP contribution is 2.22. The number of nitrogens with one attached hydrogen (secondary N) is 2. The summed E-state index contributed by atoms with van der Waals surface area (Å²) >= 11 is 1.03. The first-order chi connectivity index (χ1) is 10.6. The molecular formula is C15H18ClN3O3S. The maximum Gasteiger partial charge on any atom is 0.289 e. The van der Waals surface area contributed by atoms with Gasteiger partial charge in [0.2, 0.25) is 11.8 Å². The molecule has 1 aromatic carbocycles. The van der Waals surface area contributed by atoms with Gasteiger partial charge in [-0.1, -0.05) is 23.9 Å². The van der Waals surface area contributed by atoms with E-state index in [-0.39, 0.29) is 47.8 Å². The number of benzene rings is 1.